The quantitative estimate of drug-likeness (QED) is 0.391. The van der Waals surface area contributed by atoms with Crippen LogP contribution in [0.25, 0.3) is 0 Å². The van der Waals surface area contributed by atoms with Crippen LogP contribution in [0.1, 0.15) is 18.9 Å². The molecule has 134 valence electrons. The van der Waals surface area contributed by atoms with E-state index in [2.05, 4.69) is 15.6 Å². The molecule has 0 saturated carbocycles. The van der Waals surface area contributed by atoms with Gasteiger partial charge in [0, 0.05) is 13.1 Å². The van der Waals surface area contributed by atoms with Gasteiger partial charge in [0.1, 0.15) is 5.75 Å². The van der Waals surface area contributed by atoms with E-state index in [-0.39, 0.29) is 5.75 Å². The maximum absolute atomic E-state index is 13.3. The van der Waals surface area contributed by atoms with Crippen molar-refractivity contribution in [2.24, 2.45) is 4.99 Å². The average Bonchev–Trinajstić information content (AvgIpc) is 2.63. The highest BCUT2D eigenvalue weighted by molar-refractivity contribution is 5.79. The first kappa shape index (κ1) is 18.6. The summed E-state index contributed by atoms with van der Waals surface area (Å²) in [6, 6.07) is 14.0. The predicted octanol–water partition coefficient (Wildman–Crippen LogP) is 3.06. The second kappa shape index (κ2) is 10.2. The molecule has 0 fully saturated rings. The van der Waals surface area contributed by atoms with Crippen LogP contribution < -0.4 is 15.4 Å². The van der Waals surface area contributed by atoms with E-state index in [0.717, 1.165) is 18.7 Å². The minimum absolute atomic E-state index is 0.326. The van der Waals surface area contributed by atoms with Crippen LogP contribution in [0.3, 0.4) is 0 Å². The fraction of sp³-hybridized carbons (Fsp3) is 0.316. The second-order valence-electron chi connectivity index (χ2n) is 5.42. The first-order valence-corrected chi connectivity index (χ1v) is 8.36. The Morgan fingerprint density at radius 1 is 1.16 bits per heavy atom. The molecule has 2 aromatic rings. The molecule has 2 aromatic carbocycles. The van der Waals surface area contributed by atoms with Crippen molar-refractivity contribution < 1.29 is 14.2 Å². The summed E-state index contributed by atoms with van der Waals surface area (Å²) in [5, 5.41) is 15.6. The molecule has 0 bridgehead atoms. The predicted molar refractivity (Wildman–Crippen MR) is 97.4 cm³/mol. The third-order valence-corrected chi connectivity index (χ3v) is 3.40. The topological polar surface area (TPSA) is 65.9 Å². The van der Waals surface area contributed by atoms with Crippen molar-refractivity contribution in [1.82, 2.24) is 10.6 Å². The number of nitrogens with one attached hydrogen (secondary N) is 2. The van der Waals surface area contributed by atoms with Crippen LogP contribution in [-0.4, -0.2) is 30.8 Å². The number of rotatable bonds is 8. The lowest BCUT2D eigenvalue weighted by Crippen LogP contribution is -2.38. The van der Waals surface area contributed by atoms with Gasteiger partial charge in [0.05, 0.1) is 13.2 Å². The Bertz CT molecular complexity index is 678. The molecule has 0 aliphatic carbocycles. The second-order valence-corrected chi connectivity index (χ2v) is 5.42. The highest BCUT2D eigenvalue weighted by atomic mass is 19.1. The Morgan fingerprint density at radius 2 is 1.96 bits per heavy atom. The van der Waals surface area contributed by atoms with E-state index in [4.69, 9.17) is 4.74 Å². The summed E-state index contributed by atoms with van der Waals surface area (Å²) in [7, 11) is 0. The van der Waals surface area contributed by atoms with Crippen LogP contribution in [0, 0.1) is 5.82 Å². The zero-order valence-corrected chi connectivity index (χ0v) is 14.3. The van der Waals surface area contributed by atoms with Crippen LogP contribution in [0.5, 0.6) is 11.5 Å². The molecule has 0 unspecified atom stereocenters. The smallest absolute Gasteiger partial charge is 0.191 e. The summed E-state index contributed by atoms with van der Waals surface area (Å²) in [6.45, 7) is 4.36. The first-order chi connectivity index (χ1) is 12.2. The van der Waals surface area contributed by atoms with Crippen molar-refractivity contribution >= 4 is 5.96 Å². The van der Waals surface area contributed by atoms with Gasteiger partial charge in [-0.05, 0) is 43.2 Å². The number of hydrogen-bond acceptors (Lipinski definition) is 3. The number of phenolic OH excluding ortho intramolecular Hbond substituents is 1. The number of hydrogen-bond donors (Lipinski definition) is 3. The third-order valence-electron chi connectivity index (χ3n) is 3.40. The minimum Gasteiger partial charge on any atom is -0.505 e. The van der Waals surface area contributed by atoms with Gasteiger partial charge in [-0.25, -0.2) is 9.38 Å². The Morgan fingerprint density at radius 3 is 2.68 bits per heavy atom. The molecular formula is C19H24FN3O2. The molecule has 6 heteroatoms. The van der Waals surface area contributed by atoms with Crippen LogP contribution in [0.2, 0.25) is 0 Å². The zero-order chi connectivity index (χ0) is 17.9. The number of halogens is 1. The van der Waals surface area contributed by atoms with Gasteiger partial charge in [-0.1, -0.05) is 24.3 Å². The van der Waals surface area contributed by atoms with Gasteiger partial charge in [0.15, 0.2) is 17.5 Å². The van der Waals surface area contributed by atoms with Crippen molar-refractivity contribution in [1.29, 1.82) is 0 Å². The molecule has 0 aliphatic rings. The molecule has 0 spiro atoms. The summed E-state index contributed by atoms with van der Waals surface area (Å²) >= 11 is 0. The summed E-state index contributed by atoms with van der Waals surface area (Å²) in [5.41, 5.74) is 0.694. The van der Waals surface area contributed by atoms with E-state index < -0.39 is 5.82 Å². The van der Waals surface area contributed by atoms with E-state index in [0.29, 0.717) is 31.2 Å². The summed E-state index contributed by atoms with van der Waals surface area (Å²) in [4.78, 5) is 4.42. The number of para-hydroxylation sites is 1. The standard InChI is InChI=1S/C19H24FN3O2/c1-2-21-19(23-14-15-9-10-18(24)17(20)13-15)22-11-6-12-25-16-7-4-3-5-8-16/h3-5,7-10,13,24H,2,6,11-12,14H2,1H3,(H2,21,22,23). The van der Waals surface area contributed by atoms with Crippen molar-refractivity contribution in [3.63, 3.8) is 0 Å². The van der Waals surface area contributed by atoms with Gasteiger partial charge in [0.2, 0.25) is 0 Å². The highest BCUT2D eigenvalue weighted by Crippen LogP contribution is 2.16. The van der Waals surface area contributed by atoms with Gasteiger partial charge < -0.3 is 20.5 Å². The SMILES string of the molecule is CCNC(=NCc1ccc(O)c(F)c1)NCCCOc1ccccc1. The van der Waals surface area contributed by atoms with E-state index >= 15 is 0 Å². The molecule has 5 nitrogen and oxygen atoms in total. The molecule has 25 heavy (non-hydrogen) atoms. The zero-order valence-electron chi connectivity index (χ0n) is 14.3. The Balaban J connectivity index is 1.76. The van der Waals surface area contributed by atoms with E-state index in [1.165, 1.54) is 12.1 Å². The van der Waals surface area contributed by atoms with E-state index in [1.54, 1.807) is 6.07 Å². The Hall–Kier alpha value is -2.76. The van der Waals surface area contributed by atoms with Gasteiger partial charge in [-0.3, -0.25) is 0 Å². The molecule has 3 N–H and O–H groups in total. The monoisotopic (exact) mass is 345 g/mol. The van der Waals surface area contributed by atoms with Crippen molar-refractivity contribution in [2.45, 2.75) is 19.9 Å². The van der Waals surface area contributed by atoms with Gasteiger partial charge in [0.25, 0.3) is 0 Å². The normalized spacial score (nSPS) is 11.2. The van der Waals surface area contributed by atoms with Crippen molar-refractivity contribution in [2.75, 3.05) is 19.7 Å². The number of benzene rings is 2. The molecule has 0 atom stereocenters. The molecule has 2 rings (SSSR count). The number of aromatic hydroxyl groups is 1. The Labute approximate surface area is 147 Å². The molecule has 0 aromatic heterocycles. The number of guanidine groups is 1. The van der Waals surface area contributed by atoms with Gasteiger partial charge in [-0.15, -0.1) is 0 Å². The first-order valence-electron chi connectivity index (χ1n) is 8.36. The van der Waals surface area contributed by atoms with Gasteiger partial charge >= 0.3 is 0 Å². The van der Waals surface area contributed by atoms with Crippen LogP contribution >= 0.6 is 0 Å². The molecule has 0 radical (unpaired) electrons. The number of ether oxygens (including phenoxy) is 1. The lowest BCUT2D eigenvalue weighted by Gasteiger charge is -2.12. The van der Waals surface area contributed by atoms with Crippen LogP contribution in [0.15, 0.2) is 53.5 Å². The minimum atomic E-state index is -0.635. The largest absolute Gasteiger partial charge is 0.505 e. The lowest BCUT2D eigenvalue weighted by atomic mass is 10.2. The number of nitrogens with zero attached hydrogens (tertiary/aromatic N) is 1. The Kier molecular flexibility index (Phi) is 7.56. The lowest BCUT2D eigenvalue weighted by molar-refractivity contribution is 0.311. The highest BCUT2D eigenvalue weighted by Gasteiger charge is 2.02. The average molecular weight is 345 g/mol. The van der Waals surface area contributed by atoms with E-state index in [9.17, 15) is 9.50 Å². The molecule has 0 aliphatic heterocycles. The fourth-order valence-electron chi connectivity index (χ4n) is 2.15. The number of phenols is 1. The summed E-state index contributed by atoms with van der Waals surface area (Å²) in [5.74, 6) is 0.535. The molecular weight excluding hydrogens is 321 g/mol. The fourth-order valence-corrected chi connectivity index (χ4v) is 2.15. The van der Waals surface area contributed by atoms with E-state index in [1.807, 2.05) is 37.3 Å². The summed E-state index contributed by atoms with van der Waals surface area (Å²) in [6.07, 6.45) is 0.827. The van der Waals surface area contributed by atoms with Gasteiger partial charge in [-0.2, -0.15) is 0 Å². The number of aliphatic imine (C=N–C) groups is 1. The summed E-state index contributed by atoms with van der Waals surface area (Å²) < 4.78 is 19.0. The maximum atomic E-state index is 13.3. The third kappa shape index (κ3) is 6.71. The molecule has 0 amide bonds. The molecule has 0 heterocycles. The van der Waals surface area contributed by atoms with Crippen molar-refractivity contribution in [3.05, 3.63) is 59.9 Å². The molecule has 0 saturated heterocycles. The van der Waals surface area contributed by atoms with Crippen LogP contribution in [0.4, 0.5) is 4.39 Å². The van der Waals surface area contributed by atoms with Crippen LogP contribution in [-0.2, 0) is 6.54 Å². The maximum Gasteiger partial charge on any atom is 0.191 e. The van der Waals surface area contributed by atoms with Crippen molar-refractivity contribution in [3.8, 4) is 11.5 Å².